The standard InChI is InChI=1S/C16H20N4O/c1-12-6-8-20(9-7-12)15-4-2-14(3-5-15)19-16(21)13-10-17-18-11-13/h2-5,10-12H,6-9H2,1H3,(H,17,18)(H,19,21). The van der Waals surface area contributed by atoms with Crippen molar-refractivity contribution in [3.8, 4) is 0 Å². The van der Waals surface area contributed by atoms with E-state index in [2.05, 4.69) is 39.5 Å². The Morgan fingerprint density at radius 3 is 2.62 bits per heavy atom. The molecule has 0 atom stereocenters. The van der Waals surface area contributed by atoms with E-state index in [0.29, 0.717) is 5.56 Å². The highest BCUT2D eigenvalue weighted by Gasteiger charge is 2.16. The number of carbonyl (C=O) groups excluding carboxylic acids is 1. The van der Waals surface area contributed by atoms with Crippen LogP contribution in [0.2, 0.25) is 0 Å². The Balaban J connectivity index is 1.63. The molecule has 5 heteroatoms. The third-order valence-electron chi connectivity index (χ3n) is 4.03. The fourth-order valence-electron chi connectivity index (χ4n) is 2.60. The first-order valence-corrected chi connectivity index (χ1v) is 7.37. The topological polar surface area (TPSA) is 61.0 Å². The second-order valence-electron chi connectivity index (χ2n) is 5.66. The van der Waals surface area contributed by atoms with Crippen molar-refractivity contribution in [1.29, 1.82) is 0 Å². The van der Waals surface area contributed by atoms with Gasteiger partial charge in [-0.3, -0.25) is 9.89 Å². The molecule has 1 fully saturated rings. The molecular weight excluding hydrogens is 264 g/mol. The molecule has 3 rings (SSSR count). The van der Waals surface area contributed by atoms with Crippen molar-refractivity contribution >= 4 is 17.3 Å². The molecule has 0 bridgehead atoms. The summed E-state index contributed by atoms with van der Waals surface area (Å²) < 4.78 is 0. The predicted octanol–water partition coefficient (Wildman–Crippen LogP) is 2.90. The number of piperidine rings is 1. The number of aromatic amines is 1. The quantitative estimate of drug-likeness (QED) is 0.911. The van der Waals surface area contributed by atoms with E-state index in [1.165, 1.54) is 24.7 Å². The van der Waals surface area contributed by atoms with Gasteiger partial charge in [0.25, 0.3) is 5.91 Å². The molecule has 1 aromatic carbocycles. The Morgan fingerprint density at radius 2 is 2.00 bits per heavy atom. The van der Waals surface area contributed by atoms with Crippen LogP contribution in [-0.4, -0.2) is 29.2 Å². The molecule has 110 valence electrons. The fourth-order valence-corrected chi connectivity index (χ4v) is 2.60. The number of carbonyl (C=O) groups is 1. The molecular formula is C16H20N4O. The van der Waals surface area contributed by atoms with Crippen LogP contribution >= 0.6 is 0 Å². The predicted molar refractivity (Wildman–Crippen MR) is 83.6 cm³/mol. The first kappa shape index (κ1) is 13.7. The van der Waals surface area contributed by atoms with Crippen LogP contribution in [0.15, 0.2) is 36.7 Å². The van der Waals surface area contributed by atoms with Crippen LogP contribution < -0.4 is 10.2 Å². The van der Waals surface area contributed by atoms with Gasteiger partial charge in [0.05, 0.1) is 11.8 Å². The Labute approximate surface area is 124 Å². The van der Waals surface area contributed by atoms with Crippen LogP contribution in [0.1, 0.15) is 30.1 Å². The minimum atomic E-state index is -0.150. The maximum atomic E-state index is 11.9. The summed E-state index contributed by atoms with van der Waals surface area (Å²) in [6.45, 7) is 4.54. The Bertz CT molecular complexity index is 583. The molecule has 0 aliphatic carbocycles. The monoisotopic (exact) mass is 284 g/mol. The zero-order valence-electron chi connectivity index (χ0n) is 12.2. The summed E-state index contributed by atoms with van der Waals surface area (Å²) in [6.07, 6.45) is 5.59. The number of hydrogen-bond acceptors (Lipinski definition) is 3. The van der Waals surface area contributed by atoms with Crippen molar-refractivity contribution in [3.63, 3.8) is 0 Å². The molecule has 0 spiro atoms. The number of H-pyrrole nitrogens is 1. The molecule has 1 aliphatic heterocycles. The highest BCUT2D eigenvalue weighted by molar-refractivity contribution is 6.03. The Kier molecular flexibility index (Phi) is 3.90. The summed E-state index contributed by atoms with van der Waals surface area (Å²) in [5.41, 5.74) is 2.56. The summed E-state index contributed by atoms with van der Waals surface area (Å²) in [6, 6.07) is 8.04. The highest BCUT2D eigenvalue weighted by atomic mass is 16.1. The van der Waals surface area contributed by atoms with Crippen LogP contribution in [0.4, 0.5) is 11.4 Å². The minimum Gasteiger partial charge on any atom is -0.372 e. The average Bonchev–Trinajstić information content (AvgIpc) is 3.03. The van der Waals surface area contributed by atoms with Crippen molar-refractivity contribution < 1.29 is 4.79 Å². The Hall–Kier alpha value is -2.30. The smallest absolute Gasteiger partial charge is 0.258 e. The number of hydrogen-bond donors (Lipinski definition) is 2. The normalized spacial score (nSPS) is 16.0. The van der Waals surface area contributed by atoms with Gasteiger partial charge in [-0.2, -0.15) is 5.10 Å². The highest BCUT2D eigenvalue weighted by Crippen LogP contribution is 2.24. The zero-order valence-corrected chi connectivity index (χ0v) is 12.2. The van der Waals surface area contributed by atoms with Gasteiger partial charge in [0, 0.05) is 30.7 Å². The van der Waals surface area contributed by atoms with E-state index in [1.807, 2.05) is 12.1 Å². The molecule has 2 N–H and O–H groups in total. The molecule has 1 aromatic heterocycles. The summed E-state index contributed by atoms with van der Waals surface area (Å²) in [4.78, 5) is 14.3. The number of nitrogens with zero attached hydrogens (tertiary/aromatic N) is 2. The summed E-state index contributed by atoms with van der Waals surface area (Å²) in [5, 5.41) is 9.27. The van der Waals surface area contributed by atoms with Crippen molar-refractivity contribution in [2.24, 2.45) is 5.92 Å². The van der Waals surface area contributed by atoms with Crippen molar-refractivity contribution in [1.82, 2.24) is 10.2 Å². The summed E-state index contributed by atoms with van der Waals surface area (Å²) in [5.74, 6) is 0.679. The van der Waals surface area contributed by atoms with Gasteiger partial charge in [0.2, 0.25) is 0 Å². The number of nitrogens with one attached hydrogen (secondary N) is 2. The lowest BCUT2D eigenvalue weighted by molar-refractivity contribution is 0.102. The van der Waals surface area contributed by atoms with E-state index in [0.717, 1.165) is 24.7 Å². The number of amides is 1. The summed E-state index contributed by atoms with van der Waals surface area (Å²) >= 11 is 0. The third kappa shape index (κ3) is 3.24. The Morgan fingerprint density at radius 1 is 1.29 bits per heavy atom. The maximum absolute atomic E-state index is 11.9. The molecule has 0 saturated carbocycles. The molecule has 2 heterocycles. The van der Waals surface area contributed by atoms with Crippen molar-refractivity contribution in [2.45, 2.75) is 19.8 Å². The second kappa shape index (κ2) is 5.99. The molecule has 1 amide bonds. The van der Waals surface area contributed by atoms with Gasteiger partial charge in [0.15, 0.2) is 0 Å². The summed E-state index contributed by atoms with van der Waals surface area (Å²) in [7, 11) is 0. The number of aromatic nitrogens is 2. The zero-order chi connectivity index (χ0) is 14.7. The molecule has 1 saturated heterocycles. The van der Waals surface area contributed by atoms with Crippen LogP contribution in [0.25, 0.3) is 0 Å². The van der Waals surface area contributed by atoms with E-state index < -0.39 is 0 Å². The largest absolute Gasteiger partial charge is 0.372 e. The van der Waals surface area contributed by atoms with Crippen LogP contribution in [0.3, 0.4) is 0 Å². The molecule has 1 aliphatic rings. The molecule has 5 nitrogen and oxygen atoms in total. The van der Waals surface area contributed by atoms with E-state index in [4.69, 9.17) is 0 Å². The number of benzene rings is 1. The van der Waals surface area contributed by atoms with E-state index in [9.17, 15) is 4.79 Å². The van der Waals surface area contributed by atoms with E-state index in [-0.39, 0.29) is 5.91 Å². The fraction of sp³-hybridized carbons (Fsp3) is 0.375. The van der Waals surface area contributed by atoms with Gasteiger partial charge in [-0.15, -0.1) is 0 Å². The van der Waals surface area contributed by atoms with Gasteiger partial charge in [-0.05, 0) is 43.0 Å². The van der Waals surface area contributed by atoms with Crippen LogP contribution in [-0.2, 0) is 0 Å². The van der Waals surface area contributed by atoms with Gasteiger partial charge in [-0.1, -0.05) is 6.92 Å². The average molecular weight is 284 g/mol. The van der Waals surface area contributed by atoms with Crippen molar-refractivity contribution in [2.75, 3.05) is 23.3 Å². The lowest BCUT2D eigenvalue weighted by Gasteiger charge is -2.32. The third-order valence-corrected chi connectivity index (χ3v) is 4.03. The molecule has 21 heavy (non-hydrogen) atoms. The van der Waals surface area contributed by atoms with Crippen LogP contribution in [0.5, 0.6) is 0 Å². The van der Waals surface area contributed by atoms with E-state index in [1.54, 1.807) is 6.20 Å². The first-order chi connectivity index (χ1) is 10.2. The number of anilines is 2. The van der Waals surface area contributed by atoms with Gasteiger partial charge >= 0.3 is 0 Å². The van der Waals surface area contributed by atoms with E-state index >= 15 is 0 Å². The molecule has 2 aromatic rings. The van der Waals surface area contributed by atoms with Gasteiger partial charge in [0.1, 0.15) is 0 Å². The second-order valence-corrected chi connectivity index (χ2v) is 5.66. The van der Waals surface area contributed by atoms with Crippen molar-refractivity contribution in [3.05, 3.63) is 42.2 Å². The SMILES string of the molecule is CC1CCN(c2ccc(NC(=O)c3cn[nH]c3)cc2)CC1. The lowest BCUT2D eigenvalue weighted by Crippen LogP contribution is -2.32. The van der Waals surface area contributed by atoms with Gasteiger partial charge < -0.3 is 10.2 Å². The van der Waals surface area contributed by atoms with Gasteiger partial charge in [-0.25, -0.2) is 0 Å². The molecule has 0 radical (unpaired) electrons. The number of rotatable bonds is 3. The minimum absolute atomic E-state index is 0.150. The first-order valence-electron chi connectivity index (χ1n) is 7.37. The maximum Gasteiger partial charge on any atom is 0.258 e. The lowest BCUT2D eigenvalue weighted by atomic mass is 9.99. The van der Waals surface area contributed by atoms with Crippen LogP contribution in [0, 0.1) is 5.92 Å². The molecule has 0 unspecified atom stereocenters.